The average molecular weight is 308 g/mol. The third-order valence-corrected chi connectivity index (χ3v) is 5.08. The Labute approximate surface area is 133 Å². The van der Waals surface area contributed by atoms with Gasteiger partial charge in [-0.1, -0.05) is 24.3 Å². The molecule has 0 radical (unpaired) electrons. The minimum Gasteiger partial charge on any atom is -0.338 e. The highest BCUT2D eigenvalue weighted by Gasteiger charge is 2.19. The zero-order valence-corrected chi connectivity index (χ0v) is 13.0. The Morgan fingerprint density at radius 3 is 2.50 bits per heavy atom. The molecule has 1 aliphatic rings. The molecule has 0 N–H and O–H groups in total. The van der Waals surface area contributed by atoms with Crippen LogP contribution in [0.1, 0.15) is 21.5 Å². The molecule has 0 bridgehead atoms. The number of carbonyl (C=O) groups is 1. The van der Waals surface area contributed by atoms with E-state index in [1.54, 1.807) is 11.3 Å². The van der Waals surface area contributed by atoms with Crippen LogP contribution in [-0.4, -0.2) is 28.9 Å². The van der Waals surface area contributed by atoms with Gasteiger partial charge in [0.25, 0.3) is 5.91 Å². The highest BCUT2D eigenvalue weighted by molar-refractivity contribution is 7.16. The van der Waals surface area contributed by atoms with E-state index in [0.29, 0.717) is 0 Å². The molecule has 1 aromatic heterocycles. The normalized spacial score (nSPS) is 14.6. The lowest BCUT2D eigenvalue weighted by atomic mass is 10.0. The summed E-state index contributed by atoms with van der Waals surface area (Å²) in [7, 11) is 0. The van der Waals surface area contributed by atoms with E-state index in [2.05, 4.69) is 29.2 Å². The molecule has 1 amide bonds. The Kier molecular flexibility index (Phi) is 3.39. The molecule has 0 unspecified atom stereocenters. The molecule has 0 aliphatic carbocycles. The number of fused-ring (bicyclic) bond motifs is 2. The second-order valence-electron chi connectivity index (χ2n) is 5.60. The van der Waals surface area contributed by atoms with E-state index in [4.69, 9.17) is 0 Å². The Morgan fingerprint density at radius 2 is 1.77 bits per heavy atom. The molecule has 4 heteroatoms. The van der Waals surface area contributed by atoms with Gasteiger partial charge in [0, 0.05) is 18.7 Å². The zero-order chi connectivity index (χ0) is 14.9. The number of rotatable bonds is 1. The molecule has 1 aliphatic heterocycles. The van der Waals surface area contributed by atoms with Crippen molar-refractivity contribution in [3.05, 3.63) is 64.7 Å². The molecule has 110 valence electrons. The van der Waals surface area contributed by atoms with Crippen LogP contribution in [0.2, 0.25) is 0 Å². The van der Waals surface area contributed by atoms with Gasteiger partial charge >= 0.3 is 0 Å². The van der Waals surface area contributed by atoms with Gasteiger partial charge in [0.05, 0.1) is 15.7 Å². The van der Waals surface area contributed by atoms with Crippen molar-refractivity contribution in [1.82, 2.24) is 9.88 Å². The molecule has 0 fully saturated rings. The SMILES string of the molecule is O=C(c1ccc2ncsc2c1)N1CCc2ccccc2CC1. The molecule has 2 aromatic carbocycles. The van der Waals surface area contributed by atoms with Gasteiger partial charge in [0.15, 0.2) is 0 Å². The third kappa shape index (κ3) is 2.40. The fraction of sp³-hybridized carbons (Fsp3) is 0.222. The highest BCUT2D eigenvalue weighted by atomic mass is 32.1. The van der Waals surface area contributed by atoms with Crippen LogP contribution in [0, 0.1) is 0 Å². The summed E-state index contributed by atoms with van der Waals surface area (Å²) in [6.45, 7) is 1.58. The van der Waals surface area contributed by atoms with E-state index in [9.17, 15) is 4.79 Å². The van der Waals surface area contributed by atoms with Crippen LogP contribution >= 0.6 is 11.3 Å². The topological polar surface area (TPSA) is 33.2 Å². The van der Waals surface area contributed by atoms with E-state index >= 15 is 0 Å². The van der Waals surface area contributed by atoms with Gasteiger partial charge in [-0.25, -0.2) is 4.98 Å². The van der Waals surface area contributed by atoms with Crippen LogP contribution in [-0.2, 0) is 12.8 Å². The summed E-state index contributed by atoms with van der Waals surface area (Å²) < 4.78 is 1.07. The van der Waals surface area contributed by atoms with Crippen LogP contribution in [0.5, 0.6) is 0 Å². The largest absolute Gasteiger partial charge is 0.338 e. The highest BCUT2D eigenvalue weighted by Crippen LogP contribution is 2.21. The van der Waals surface area contributed by atoms with E-state index in [0.717, 1.165) is 41.7 Å². The Hall–Kier alpha value is -2.20. The lowest BCUT2D eigenvalue weighted by Gasteiger charge is -2.20. The van der Waals surface area contributed by atoms with Crippen molar-refractivity contribution in [2.75, 3.05) is 13.1 Å². The monoisotopic (exact) mass is 308 g/mol. The molecule has 3 aromatic rings. The smallest absolute Gasteiger partial charge is 0.253 e. The minimum absolute atomic E-state index is 0.128. The number of hydrogen-bond donors (Lipinski definition) is 0. The molecule has 0 saturated heterocycles. The van der Waals surface area contributed by atoms with Gasteiger partial charge in [0.1, 0.15) is 0 Å². The third-order valence-electron chi connectivity index (χ3n) is 4.29. The number of hydrogen-bond acceptors (Lipinski definition) is 3. The lowest BCUT2D eigenvalue weighted by Crippen LogP contribution is -2.33. The van der Waals surface area contributed by atoms with E-state index in [1.807, 2.05) is 28.6 Å². The Bertz CT molecular complexity index is 813. The van der Waals surface area contributed by atoms with E-state index in [1.165, 1.54) is 11.1 Å². The number of amides is 1. The molecule has 0 spiro atoms. The first-order valence-corrected chi connectivity index (χ1v) is 8.38. The van der Waals surface area contributed by atoms with Crippen LogP contribution < -0.4 is 0 Å². The fourth-order valence-corrected chi connectivity index (χ4v) is 3.76. The Balaban J connectivity index is 1.58. The number of thiazole rings is 1. The van der Waals surface area contributed by atoms with Crippen molar-refractivity contribution in [1.29, 1.82) is 0 Å². The number of benzene rings is 2. The maximum Gasteiger partial charge on any atom is 0.253 e. The summed E-state index contributed by atoms with van der Waals surface area (Å²) >= 11 is 1.58. The second-order valence-corrected chi connectivity index (χ2v) is 6.48. The van der Waals surface area contributed by atoms with Crippen molar-refractivity contribution in [3.8, 4) is 0 Å². The van der Waals surface area contributed by atoms with E-state index in [-0.39, 0.29) is 5.91 Å². The Morgan fingerprint density at radius 1 is 1.05 bits per heavy atom. The number of nitrogens with zero attached hydrogens (tertiary/aromatic N) is 2. The predicted octanol–water partition coefficient (Wildman–Crippen LogP) is 3.54. The molecular formula is C18H16N2OS. The minimum atomic E-state index is 0.128. The summed E-state index contributed by atoms with van der Waals surface area (Å²) in [6, 6.07) is 14.3. The van der Waals surface area contributed by atoms with Crippen molar-refractivity contribution in [2.24, 2.45) is 0 Å². The van der Waals surface area contributed by atoms with Crippen LogP contribution in [0.25, 0.3) is 10.2 Å². The van der Waals surface area contributed by atoms with Gasteiger partial charge in [0.2, 0.25) is 0 Å². The zero-order valence-electron chi connectivity index (χ0n) is 12.2. The number of carbonyl (C=O) groups excluding carboxylic acids is 1. The number of aromatic nitrogens is 1. The molecular weight excluding hydrogens is 292 g/mol. The first-order chi connectivity index (χ1) is 10.8. The average Bonchev–Trinajstić information content (AvgIpc) is 2.92. The first kappa shape index (κ1) is 13.5. The summed E-state index contributed by atoms with van der Waals surface area (Å²) in [6.07, 6.45) is 1.87. The summed E-state index contributed by atoms with van der Waals surface area (Å²) in [4.78, 5) is 19.0. The van der Waals surface area contributed by atoms with Gasteiger partial charge in [-0.15, -0.1) is 11.3 Å². The maximum atomic E-state index is 12.8. The standard InChI is InChI=1S/C18H16N2OS/c21-18(15-5-6-16-17(11-15)22-12-19-16)20-9-7-13-3-1-2-4-14(13)8-10-20/h1-6,11-12H,7-10H2. The molecule has 0 saturated carbocycles. The van der Waals surface area contributed by atoms with Crippen molar-refractivity contribution in [2.45, 2.75) is 12.8 Å². The molecule has 22 heavy (non-hydrogen) atoms. The maximum absolute atomic E-state index is 12.8. The van der Waals surface area contributed by atoms with Gasteiger partial charge in [-0.2, -0.15) is 0 Å². The van der Waals surface area contributed by atoms with Crippen molar-refractivity contribution < 1.29 is 4.79 Å². The van der Waals surface area contributed by atoms with Crippen LogP contribution in [0.15, 0.2) is 48.0 Å². The van der Waals surface area contributed by atoms with Crippen LogP contribution in [0.4, 0.5) is 0 Å². The quantitative estimate of drug-likeness (QED) is 0.689. The summed E-state index contributed by atoms with van der Waals surface area (Å²) in [5.74, 6) is 0.128. The van der Waals surface area contributed by atoms with Gasteiger partial charge in [-0.3, -0.25) is 4.79 Å². The van der Waals surface area contributed by atoms with Gasteiger partial charge in [-0.05, 0) is 42.2 Å². The fourth-order valence-electron chi connectivity index (χ4n) is 3.04. The van der Waals surface area contributed by atoms with Crippen LogP contribution in [0.3, 0.4) is 0 Å². The molecule has 4 rings (SSSR count). The molecule has 2 heterocycles. The summed E-state index contributed by atoms with van der Waals surface area (Å²) in [5.41, 5.74) is 6.29. The van der Waals surface area contributed by atoms with Crippen molar-refractivity contribution >= 4 is 27.5 Å². The molecule has 3 nitrogen and oxygen atoms in total. The summed E-state index contributed by atoms with van der Waals surface area (Å²) in [5, 5.41) is 0. The first-order valence-electron chi connectivity index (χ1n) is 7.50. The van der Waals surface area contributed by atoms with E-state index < -0.39 is 0 Å². The molecule has 0 atom stereocenters. The second kappa shape index (κ2) is 5.54. The van der Waals surface area contributed by atoms with Crippen molar-refractivity contribution in [3.63, 3.8) is 0 Å². The van der Waals surface area contributed by atoms with Gasteiger partial charge < -0.3 is 4.90 Å². The predicted molar refractivity (Wildman–Crippen MR) is 89.4 cm³/mol. The lowest BCUT2D eigenvalue weighted by molar-refractivity contribution is 0.0763.